The number of aromatic nitrogens is 3. The highest BCUT2D eigenvalue weighted by Crippen LogP contribution is 2.30. The summed E-state index contributed by atoms with van der Waals surface area (Å²) < 4.78 is 2.07. The van der Waals surface area contributed by atoms with Gasteiger partial charge in [-0.05, 0) is 49.9 Å². The van der Waals surface area contributed by atoms with Crippen LogP contribution in [0, 0.1) is 11.3 Å². The van der Waals surface area contributed by atoms with E-state index in [1.807, 2.05) is 18.3 Å². The van der Waals surface area contributed by atoms with Crippen molar-refractivity contribution >= 4 is 28.4 Å². The number of hydrogen-bond acceptors (Lipinski definition) is 7. The molecule has 9 heteroatoms. The number of aliphatic hydroxyl groups is 1. The molecule has 0 radical (unpaired) electrons. The normalized spacial score (nSPS) is 20.8. The highest BCUT2D eigenvalue weighted by molar-refractivity contribution is 5.94. The zero-order valence-corrected chi connectivity index (χ0v) is 19.1. The van der Waals surface area contributed by atoms with Crippen molar-refractivity contribution in [1.82, 2.24) is 19.4 Å². The minimum absolute atomic E-state index is 0.0586. The third kappa shape index (κ3) is 4.54. The molecule has 34 heavy (non-hydrogen) atoms. The molecule has 1 aromatic carbocycles. The number of rotatable bonds is 5. The minimum Gasteiger partial charge on any atom is -0.393 e. The molecule has 3 aromatic rings. The second kappa shape index (κ2) is 9.69. The lowest BCUT2D eigenvalue weighted by Gasteiger charge is -2.36. The quantitative estimate of drug-likeness (QED) is 0.604. The van der Waals surface area contributed by atoms with E-state index in [0.29, 0.717) is 19.0 Å². The zero-order valence-electron chi connectivity index (χ0n) is 19.1. The number of hydrogen-bond donors (Lipinski definition) is 2. The number of nitrogens with one attached hydrogen (secondary N) is 1. The third-order valence-electron chi connectivity index (χ3n) is 6.83. The first-order valence-electron chi connectivity index (χ1n) is 11.9. The van der Waals surface area contributed by atoms with Crippen molar-refractivity contribution in [3.8, 4) is 11.9 Å². The third-order valence-corrected chi connectivity index (χ3v) is 6.83. The predicted octanol–water partition coefficient (Wildman–Crippen LogP) is 2.70. The van der Waals surface area contributed by atoms with Crippen molar-refractivity contribution in [2.24, 2.45) is 0 Å². The molecule has 1 aliphatic carbocycles. The fraction of sp³-hybridized carbons (Fsp3) is 0.440. The molecule has 1 aliphatic heterocycles. The predicted molar refractivity (Wildman–Crippen MR) is 130 cm³/mol. The van der Waals surface area contributed by atoms with Crippen LogP contribution in [0.3, 0.4) is 0 Å². The molecular formula is C25H29N7O2. The molecular weight excluding hydrogens is 430 g/mol. The molecule has 2 N–H and O–H groups in total. The number of nitrogens with zero attached hydrogens (tertiary/aromatic N) is 6. The number of carbonyl (C=O) groups excluding carboxylic acids is 1. The molecule has 1 saturated heterocycles. The largest absolute Gasteiger partial charge is 0.393 e. The lowest BCUT2D eigenvalue weighted by atomic mass is 9.93. The van der Waals surface area contributed by atoms with Gasteiger partial charge in [0.05, 0.1) is 17.7 Å². The highest BCUT2D eigenvalue weighted by atomic mass is 16.3. The van der Waals surface area contributed by atoms with E-state index in [9.17, 15) is 9.90 Å². The van der Waals surface area contributed by atoms with Crippen LogP contribution < -0.4 is 10.2 Å². The zero-order chi connectivity index (χ0) is 23.5. The Bertz CT molecular complexity index is 1200. The molecule has 5 rings (SSSR count). The number of amides is 1. The number of fused-ring (bicyclic) bond motifs is 1. The Balaban J connectivity index is 1.34. The first-order valence-corrected chi connectivity index (χ1v) is 11.9. The maximum atomic E-state index is 12.0. The molecule has 2 aromatic heterocycles. The Labute approximate surface area is 198 Å². The average Bonchev–Trinajstić information content (AvgIpc) is 3.30. The van der Waals surface area contributed by atoms with Crippen LogP contribution in [-0.2, 0) is 4.79 Å². The Morgan fingerprint density at radius 3 is 2.68 bits per heavy atom. The summed E-state index contributed by atoms with van der Waals surface area (Å²) in [7, 11) is 0. The number of carbonyl (C=O) groups is 1. The van der Waals surface area contributed by atoms with E-state index in [4.69, 9.17) is 10.2 Å². The Kier molecular flexibility index (Phi) is 6.32. The van der Waals surface area contributed by atoms with E-state index in [2.05, 4.69) is 44.0 Å². The summed E-state index contributed by atoms with van der Waals surface area (Å²) in [4.78, 5) is 25.3. The van der Waals surface area contributed by atoms with Gasteiger partial charge < -0.3 is 24.8 Å². The van der Waals surface area contributed by atoms with Gasteiger partial charge in [-0.2, -0.15) is 10.2 Å². The lowest BCUT2D eigenvalue weighted by Crippen LogP contribution is -2.48. The van der Waals surface area contributed by atoms with Gasteiger partial charge in [-0.3, -0.25) is 4.79 Å². The van der Waals surface area contributed by atoms with E-state index < -0.39 is 0 Å². The molecule has 0 spiro atoms. The van der Waals surface area contributed by atoms with Crippen LogP contribution in [0.2, 0.25) is 0 Å². The van der Waals surface area contributed by atoms with E-state index in [0.717, 1.165) is 61.2 Å². The summed E-state index contributed by atoms with van der Waals surface area (Å²) in [5.74, 6) is 1.31. The van der Waals surface area contributed by atoms with Crippen molar-refractivity contribution in [3.05, 3.63) is 42.7 Å². The number of aliphatic hydroxyl groups excluding tert-OH is 1. The Morgan fingerprint density at radius 1 is 1.12 bits per heavy atom. The smallest absolute Gasteiger partial charge is 0.236 e. The SMILES string of the molecule is N#CCC(=O)N1CCN(c2cccc3c2ccn3-c2ccnc(NC3CCC(O)CC3)n2)CC1. The Hall–Kier alpha value is -3.64. The van der Waals surface area contributed by atoms with Gasteiger partial charge in [0.15, 0.2) is 0 Å². The molecule has 0 bridgehead atoms. The van der Waals surface area contributed by atoms with Gasteiger partial charge in [-0.1, -0.05) is 6.07 Å². The van der Waals surface area contributed by atoms with Gasteiger partial charge in [-0.25, -0.2) is 4.98 Å². The van der Waals surface area contributed by atoms with Crippen molar-refractivity contribution in [2.45, 2.75) is 44.2 Å². The Morgan fingerprint density at radius 2 is 1.91 bits per heavy atom. The van der Waals surface area contributed by atoms with E-state index in [1.165, 1.54) is 0 Å². The van der Waals surface area contributed by atoms with Crippen molar-refractivity contribution in [3.63, 3.8) is 0 Å². The van der Waals surface area contributed by atoms with Crippen LogP contribution in [0.15, 0.2) is 42.7 Å². The van der Waals surface area contributed by atoms with Crippen molar-refractivity contribution < 1.29 is 9.90 Å². The summed E-state index contributed by atoms with van der Waals surface area (Å²) in [5, 5.41) is 23.1. The van der Waals surface area contributed by atoms with E-state index in [-0.39, 0.29) is 24.5 Å². The summed E-state index contributed by atoms with van der Waals surface area (Å²) in [5.41, 5.74) is 2.20. The van der Waals surface area contributed by atoms with Gasteiger partial charge >= 0.3 is 0 Å². The van der Waals surface area contributed by atoms with Gasteiger partial charge in [-0.15, -0.1) is 0 Å². The molecule has 1 amide bonds. The molecule has 2 fully saturated rings. The number of nitriles is 1. The van der Waals surface area contributed by atoms with Crippen molar-refractivity contribution in [1.29, 1.82) is 5.26 Å². The maximum Gasteiger partial charge on any atom is 0.236 e. The van der Waals surface area contributed by atoms with Crippen LogP contribution in [-0.4, -0.2) is 68.8 Å². The highest BCUT2D eigenvalue weighted by Gasteiger charge is 2.23. The van der Waals surface area contributed by atoms with Gasteiger partial charge in [0.25, 0.3) is 0 Å². The molecule has 1 saturated carbocycles. The maximum absolute atomic E-state index is 12.0. The van der Waals surface area contributed by atoms with Crippen LogP contribution in [0.25, 0.3) is 16.7 Å². The summed E-state index contributed by atoms with van der Waals surface area (Å²) in [6, 6.07) is 12.5. The van der Waals surface area contributed by atoms with E-state index in [1.54, 1.807) is 11.1 Å². The molecule has 3 heterocycles. The topological polar surface area (TPSA) is 110 Å². The summed E-state index contributed by atoms with van der Waals surface area (Å²) in [6.45, 7) is 2.71. The van der Waals surface area contributed by atoms with Gasteiger partial charge in [0.1, 0.15) is 12.2 Å². The van der Waals surface area contributed by atoms with Crippen LogP contribution >= 0.6 is 0 Å². The van der Waals surface area contributed by atoms with Crippen molar-refractivity contribution in [2.75, 3.05) is 36.4 Å². The summed E-state index contributed by atoms with van der Waals surface area (Å²) in [6.07, 6.45) is 7.01. The fourth-order valence-corrected chi connectivity index (χ4v) is 4.96. The molecule has 2 aliphatic rings. The average molecular weight is 460 g/mol. The summed E-state index contributed by atoms with van der Waals surface area (Å²) >= 11 is 0. The van der Waals surface area contributed by atoms with Gasteiger partial charge in [0, 0.05) is 55.7 Å². The molecule has 0 atom stereocenters. The molecule has 0 unspecified atom stereocenters. The lowest BCUT2D eigenvalue weighted by molar-refractivity contribution is -0.130. The molecule has 176 valence electrons. The number of anilines is 2. The van der Waals surface area contributed by atoms with Crippen LogP contribution in [0.5, 0.6) is 0 Å². The first-order chi connectivity index (χ1) is 16.6. The molecule has 9 nitrogen and oxygen atoms in total. The standard InChI is InChI=1S/C25H29N7O2/c26-11-8-24(34)31-16-14-30(15-17-31)21-2-1-3-22-20(21)10-13-32(22)23-9-12-27-25(29-23)28-18-4-6-19(33)7-5-18/h1-3,9-10,12-13,18-19,33H,4-8,14-17H2,(H,27,28,29). The number of benzene rings is 1. The van der Waals surface area contributed by atoms with Gasteiger partial charge in [0.2, 0.25) is 11.9 Å². The minimum atomic E-state index is -0.188. The fourth-order valence-electron chi connectivity index (χ4n) is 4.96. The first kappa shape index (κ1) is 22.2. The monoisotopic (exact) mass is 459 g/mol. The van der Waals surface area contributed by atoms with E-state index >= 15 is 0 Å². The number of piperazine rings is 1. The second-order valence-electron chi connectivity index (χ2n) is 8.99. The second-order valence-corrected chi connectivity index (χ2v) is 8.99. The van der Waals surface area contributed by atoms with Crippen LogP contribution in [0.4, 0.5) is 11.6 Å². The van der Waals surface area contributed by atoms with Crippen LogP contribution in [0.1, 0.15) is 32.1 Å².